The second kappa shape index (κ2) is 6.93. The van der Waals surface area contributed by atoms with Crippen LogP contribution in [0.15, 0.2) is 22.7 Å². The maximum Gasteiger partial charge on any atom is 0.408 e. The number of hydrogen-bond acceptors (Lipinski definition) is 3. The number of hydrogen-bond donors (Lipinski definition) is 2. The summed E-state index contributed by atoms with van der Waals surface area (Å²) in [6, 6.07) is 4.91. The molecule has 1 rings (SSSR count). The number of carbonyl (C=O) groups is 2. The summed E-state index contributed by atoms with van der Waals surface area (Å²) >= 11 is 3.36. The summed E-state index contributed by atoms with van der Waals surface area (Å²) in [7, 11) is 0. The third-order valence-electron chi connectivity index (χ3n) is 2.58. The zero-order valence-corrected chi connectivity index (χ0v) is 14.5. The summed E-state index contributed by atoms with van der Waals surface area (Å²) in [6.45, 7) is 8.80. The van der Waals surface area contributed by atoms with Crippen LogP contribution in [-0.2, 0) is 9.53 Å². The van der Waals surface area contributed by atoms with Crippen LogP contribution >= 0.6 is 15.9 Å². The fraction of sp³-hybridized carbons (Fsp3) is 0.467. The fourth-order valence-corrected chi connectivity index (χ4v) is 1.88. The van der Waals surface area contributed by atoms with E-state index in [2.05, 4.69) is 26.6 Å². The third kappa shape index (κ3) is 6.16. The summed E-state index contributed by atoms with van der Waals surface area (Å²) < 4.78 is 5.99. The fourth-order valence-electron chi connectivity index (χ4n) is 1.52. The summed E-state index contributed by atoms with van der Waals surface area (Å²) in [5, 5.41) is 5.29. The molecule has 0 bridgehead atoms. The monoisotopic (exact) mass is 356 g/mol. The van der Waals surface area contributed by atoms with Gasteiger partial charge in [0.05, 0.1) is 0 Å². The predicted molar refractivity (Wildman–Crippen MR) is 86.3 cm³/mol. The summed E-state index contributed by atoms with van der Waals surface area (Å²) in [6.07, 6.45) is -0.615. The SMILES string of the molecule is Cc1ccc(Br)cc1NC(=O)[C@@H](C)NC(=O)OC(C)(C)C. The number of alkyl carbamates (subject to hydrolysis) is 1. The minimum Gasteiger partial charge on any atom is -0.444 e. The number of nitrogens with one attached hydrogen (secondary N) is 2. The molecule has 0 saturated heterocycles. The van der Waals surface area contributed by atoms with Crippen molar-refractivity contribution in [2.75, 3.05) is 5.32 Å². The van der Waals surface area contributed by atoms with E-state index in [0.29, 0.717) is 5.69 Å². The molecule has 1 aromatic rings. The molecule has 0 heterocycles. The Morgan fingerprint density at radius 3 is 2.48 bits per heavy atom. The van der Waals surface area contributed by atoms with E-state index in [1.54, 1.807) is 27.7 Å². The average Bonchev–Trinajstić information content (AvgIpc) is 2.31. The van der Waals surface area contributed by atoms with Gasteiger partial charge in [0.2, 0.25) is 5.91 Å². The molecule has 1 atom stereocenters. The molecule has 0 saturated carbocycles. The van der Waals surface area contributed by atoms with Crippen molar-refractivity contribution in [2.45, 2.75) is 46.3 Å². The molecule has 2 amide bonds. The minimum absolute atomic E-state index is 0.304. The van der Waals surface area contributed by atoms with Gasteiger partial charge in [0.1, 0.15) is 11.6 Å². The van der Waals surface area contributed by atoms with Crippen LogP contribution in [0.25, 0.3) is 0 Å². The molecule has 5 nitrogen and oxygen atoms in total. The van der Waals surface area contributed by atoms with E-state index in [1.165, 1.54) is 0 Å². The Morgan fingerprint density at radius 1 is 1.29 bits per heavy atom. The highest BCUT2D eigenvalue weighted by Gasteiger charge is 2.21. The number of benzene rings is 1. The molecule has 0 aliphatic heterocycles. The predicted octanol–water partition coefficient (Wildman–Crippen LogP) is 3.61. The van der Waals surface area contributed by atoms with Crippen molar-refractivity contribution in [3.05, 3.63) is 28.2 Å². The number of carbonyl (C=O) groups excluding carboxylic acids is 2. The highest BCUT2D eigenvalue weighted by atomic mass is 79.9. The molecule has 0 spiro atoms. The Bertz CT molecular complexity index is 538. The van der Waals surface area contributed by atoms with Crippen molar-refractivity contribution in [1.29, 1.82) is 0 Å². The lowest BCUT2D eigenvalue weighted by Gasteiger charge is -2.21. The van der Waals surface area contributed by atoms with E-state index in [9.17, 15) is 9.59 Å². The van der Waals surface area contributed by atoms with E-state index < -0.39 is 17.7 Å². The molecule has 0 unspecified atom stereocenters. The molecular weight excluding hydrogens is 336 g/mol. The molecule has 116 valence electrons. The van der Waals surface area contributed by atoms with Crippen molar-refractivity contribution < 1.29 is 14.3 Å². The van der Waals surface area contributed by atoms with Crippen molar-refractivity contribution >= 4 is 33.6 Å². The first-order chi connectivity index (χ1) is 9.58. The van der Waals surface area contributed by atoms with Gasteiger partial charge in [-0.1, -0.05) is 22.0 Å². The van der Waals surface area contributed by atoms with Gasteiger partial charge in [-0.15, -0.1) is 0 Å². The van der Waals surface area contributed by atoms with Crippen LogP contribution in [0.5, 0.6) is 0 Å². The van der Waals surface area contributed by atoms with Crippen LogP contribution in [0.2, 0.25) is 0 Å². The molecule has 6 heteroatoms. The Balaban J connectivity index is 2.63. The standard InChI is InChI=1S/C15H21BrN2O3/c1-9-6-7-11(16)8-12(9)18-13(19)10(2)17-14(20)21-15(3,4)5/h6-8,10H,1-5H3,(H,17,20)(H,18,19)/t10-/m1/s1. The van der Waals surface area contributed by atoms with Gasteiger partial charge in [0, 0.05) is 10.2 Å². The number of aryl methyl sites for hydroxylation is 1. The highest BCUT2D eigenvalue weighted by molar-refractivity contribution is 9.10. The zero-order valence-electron chi connectivity index (χ0n) is 12.9. The molecular formula is C15H21BrN2O3. The van der Waals surface area contributed by atoms with Gasteiger partial charge in [-0.2, -0.15) is 0 Å². The van der Waals surface area contributed by atoms with Crippen molar-refractivity contribution in [2.24, 2.45) is 0 Å². The summed E-state index contributed by atoms with van der Waals surface area (Å²) in [4.78, 5) is 23.7. The van der Waals surface area contributed by atoms with Gasteiger partial charge >= 0.3 is 6.09 Å². The Morgan fingerprint density at radius 2 is 1.90 bits per heavy atom. The van der Waals surface area contributed by atoms with Gasteiger partial charge < -0.3 is 15.4 Å². The number of anilines is 1. The number of halogens is 1. The summed E-state index contributed by atoms with van der Waals surface area (Å²) in [5.41, 5.74) is 1.05. The molecule has 21 heavy (non-hydrogen) atoms. The molecule has 0 radical (unpaired) electrons. The van der Waals surface area contributed by atoms with Crippen LogP contribution in [0.1, 0.15) is 33.3 Å². The highest BCUT2D eigenvalue weighted by Crippen LogP contribution is 2.20. The lowest BCUT2D eigenvalue weighted by molar-refractivity contribution is -0.117. The van der Waals surface area contributed by atoms with Gasteiger partial charge in [0.15, 0.2) is 0 Å². The van der Waals surface area contributed by atoms with E-state index in [4.69, 9.17) is 4.74 Å². The van der Waals surface area contributed by atoms with Crippen LogP contribution in [0.3, 0.4) is 0 Å². The molecule has 0 aliphatic rings. The Hall–Kier alpha value is -1.56. The summed E-state index contributed by atoms with van der Waals surface area (Å²) in [5.74, 6) is -0.304. The van der Waals surface area contributed by atoms with Crippen molar-refractivity contribution in [3.63, 3.8) is 0 Å². The van der Waals surface area contributed by atoms with Crippen LogP contribution < -0.4 is 10.6 Å². The first-order valence-electron chi connectivity index (χ1n) is 6.65. The van der Waals surface area contributed by atoms with Gasteiger partial charge in [0.25, 0.3) is 0 Å². The number of amides is 2. The normalized spacial score (nSPS) is 12.5. The third-order valence-corrected chi connectivity index (χ3v) is 3.08. The van der Waals surface area contributed by atoms with Gasteiger partial charge in [-0.3, -0.25) is 4.79 Å². The van der Waals surface area contributed by atoms with Crippen LogP contribution in [0, 0.1) is 6.92 Å². The minimum atomic E-state index is -0.696. The number of ether oxygens (including phenoxy) is 1. The van der Waals surface area contributed by atoms with E-state index >= 15 is 0 Å². The zero-order chi connectivity index (χ0) is 16.2. The van der Waals surface area contributed by atoms with Crippen molar-refractivity contribution in [3.8, 4) is 0 Å². The first-order valence-corrected chi connectivity index (χ1v) is 7.44. The average molecular weight is 357 g/mol. The lowest BCUT2D eigenvalue weighted by atomic mass is 10.2. The van der Waals surface area contributed by atoms with Gasteiger partial charge in [-0.25, -0.2) is 4.79 Å². The molecule has 1 aromatic carbocycles. The van der Waals surface area contributed by atoms with Crippen molar-refractivity contribution in [1.82, 2.24) is 5.32 Å². The molecule has 2 N–H and O–H groups in total. The lowest BCUT2D eigenvalue weighted by Crippen LogP contribution is -2.44. The molecule has 0 fully saturated rings. The molecule has 0 aromatic heterocycles. The largest absolute Gasteiger partial charge is 0.444 e. The first kappa shape index (κ1) is 17.5. The maximum absolute atomic E-state index is 12.1. The van der Waals surface area contributed by atoms with Gasteiger partial charge in [-0.05, 0) is 52.3 Å². The Labute approximate surface area is 133 Å². The van der Waals surface area contributed by atoms with E-state index in [1.807, 2.05) is 25.1 Å². The smallest absolute Gasteiger partial charge is 0.408 e. The maximum atomic E-state index is 12.1. The van der Waals surface area contributed by atoms with E-state index in [-0.39, 0.29) is 5.91 Å². The topological polar surface area (TPSA) is 67.4 Å². The molecule has 0 aliphatic carbocycles. The quantitative estimate of drug-likeness (QED) is 0.869. The van der Waals surface area contributed by atoms with Crippen LogP contribution in [-0.4, -0.2) is 23.6 Å². The second-order valence-corrected chi connectivity index (χ2v) is 6.73. The second-order valence-electron chi connectivity index (χ2n) is 5.82. The Kier molecular flexibility index (Phi) is 5.78. The van der Waals surface area contributed by atoms with Crippen LogP contribution in [0.4, 0.5) is 10.5 Å². The number of rotatable bonds is 3. The van der Waals surface area contributed by atoms with E-state index in [0.717, 1.165) is 10.0 Å².